The molecule has 0 bridgehead atoms. The Labute approximate surface area is 243 Å². The highest BCUT2D eigenvalue weighted by atomic mass is 16.7. The van der Waals surface area contributed by atoms with Gasteiger partial charge >= 0.3 is 0 Å². The molecule has 0 spiro atoms. The van der Waals surface area contributed by atoms with Crippen molar-refractivity contribution in [3.8, 4) is 0 Å². The molecule has 1 saturated heterocycles. The Morgan fingerprint density at radius 3 is 2.40 bits per heavy atom. The zero-order valence-electron chi connectivity index (χ0n) is 26.3. The number of fused-ring (bicyclic) bond motifs is 5. The van der Waals surface area contributed by atoms with Gasteiger partial charge in [0.05, 0.1) is 12.2 Å². The minimum Gasteiger partial charge on any atom is -0.388 e. The zero-order chi connectivity index (χ0) is 29.0. The topological polar surface area (TPSA) is 79.2 Å². The monoisotopic (exact) mass is 558 g/mol. The van der Waals surface area contributed by atoms with Crippen LogP contribution in [-0.4, -0.2) is 52.1 Å². The van der Waals surface area contributed by atoms with Crippen molar-refractivity contribution >= 4 is 0 Å². The summed E-state index contributed by atoms with van der Waals surface area (Å²) in [5.74, 6) is 5.26. The Hall–Kier alpha value is -0.720. The van der Waals surface area contributed by atoms with Crippen molar-refractivity contribution in [1.82, 2.24) is 0 Å². The van der Waals surface area contributed by atoms with Crippen LogP contribution in [-0.2, 0) is 9.47 Å². The lowest BCUT2D eigenvalue weighted by Crippen LogP contribution is -2.58. The Kier molecular flexibility index (Phi) is 9.03. The van der Waals surface area contributed by atoms with Crippen LogP contribution in [0, 0.1) is 52.3 Å². The van der Waals surface area contributed by atoms with E-state index < -0.39 is 30.7 Å². The molecule has 0 amide bonds. The average Bonchev–Trinajstić information content (AvgIpc) is 3.28. The number of hydrogen-bond donors (Lipinski definition) is 3. The molecular weight excluding hydrogens is 500 g/mol. The fourth-order valence-electron chi connectivity index (χ4n) is 10.3. The van der Waals surface area contributed by atoms with Crippen LogP contribution in [0.5, 0.6) is 0 Å². The van der Waals surface area contributed by atoms with Crippen LogP contribution >= 0.6 is 0 Å². The smallest absolute Gasteiger partial charge is 0.187 e. The molecule has 0 aromatic heterocycles. The molecule has 14 unspecified atom stereocenters. The van der Waals surface area contributed by atoms with Gasteiger partial charge in [-0.15, -0.1) is 0 Å². The molecule has 3 N–H and O–H groups in total. The van der Waals surface area contributed by atoms with Gasteiger partial charge in [-0.05, 0) is 117 Å². The van der Waals surface area contributed by atoms with Crippen LogP contribution in [0.15, 0.2) is 23.8 Å². The molecule has 0 radical (unpaired) electrons. The molecule has 5 heteroatoms. The van der Waals surface area contributed by atoms with Gasteiger partial charge in [0.15, 0.2) is 6.29 Å². The summed E-state index contributed by atoms with van der Waals surface area (Å²) in [4.78, 5) is 0. The lowest BCUT2D eigenvalue weighted by Gasteiger charge is -2.59. The number of allylic oxidation sites excluding steroid dienone is 3. The number of rotatable bonds is 7. The average molecular weight is 559 g/mol. The molecule has 1 heterocycles. The molecule has 5 nitrogen and oxygen atoms in total. The predicted octanol–water partition coefficient (Wildman–Crippen LogP) is 6.65. The van der Waals surface area contributed by atoms with Crippen LogP contribution in [0.3, 0.4) is 0 Å². The van der Waals surface area contributed by atoms with Crippen LogP contribution in [0.25, 0.3) is 0 Å². The van der Waals surface area contributed by atoms with Crippen molar-refractivity contribution in [1.29, 1.82) is 0 Å². The predicted molar refractivity (Wildman–Crippen MR) is 159 cm³/mol. The summed E-state index contributed by atoms with van der Waals surface area (Å²) in [6.07, 6.45) is 13.4. The maximum Gasteiger partial charge on any atom is 0.187 e. The van der Waals surface area contributed by atoms with Crippen molar-refractivity contribution in [2.45, 2.75) is 143 Å². The van der Waals surface area contributed by atoms with Crippen LogP contribution in [0.1, 0.15) is 106 Å². The summed E-state index contributed by atoms with van der Waals surface area (Å²) in [6, 6.07) is 0. The van der Waals surface area contributed by atoms with Gasteiger partial charge in [-0.2, -0.15) is 0 Å². The van der Waals surface area contributed by atoms with E-state index in [0.717, 1.165) is 42.9 Å². The Balaban J connectivity index is 1.27. The first-order chi connectivity index (χ1) is 18.9. The van der Waals surface area contributed by atoms with E-state index in [2.05, 4.69) is 59.8 Å². The Bertz CT molecular complexity index is 944. The van der Waals surface area contributed by atoms with E-state index in [-0.39, 0.29) is 11.5 Å². The van der Waals surface area contributed by atoms with E-state index in [9.17, 15) is 15.3 Å². The number of ether oxygens (including phenoxy) is 2. The third-order valence-corrected chi connectivity index (χ3v) is 12.9. The molecule has 0 aromatic rings. The van der Waals surface area contributed by atoms with Crippen molar-refractivity contribution in [2.24, 2.45) is 52.3 Å². The molecular formula is C35H58O5. The van der Waals surface area contributed by atoms with Gasteiger partial charge in [0, 0.05) is 0 Å². The van der Waals surface area contributed by atoms with E-state index in [1.165, 1.54) is 44.1 Å². The van der Waals surface area contributed by atoms with Crippen molar-refractivity contribution < 1.29 is 24.8 Å². The van der Waals surface area contributed by atoms with Gasteiger partial charge in [-0.25, -0.2) is 0 Å². The summed E-state index contributed by atoms with van der Waals surface area (Å²) >= 11 is 0. The fraction of sp³-hybridized carbons (Fsp3) is 0.886. The quantitative estimate of drug-likeness (QED) is 0.305. The molecule has 3 saturated carbocycles. The largest absolute Gasteiger partial charge is 0.388 e. The van der Waals surface area contributed by atoms with Crippen LogP contribution < -0.4 is 0 Å². The third-order valence-electron chi connectivity index (χ3n) is 12.9. The van der Waals surface area contributed by atoms with Gasteiger partial charge in [0.25, 0.3) is 0 Å². The second-order valence-corrected chi connectivity index (χ2v) is 15.2. The Morgan fingerprint density at radius 1 is 0.950 bits per heavy atom. The minimum absolute atomic E-state index is 0.121. The molecule has 1 aliphatic heterocycles. The second-order valence-electron chi connectivity index (χ2n) is 15.2. The van der Waals surface area contributed by atoms with Crippen LogP contribution in [0.4, 0.5) is 0 Å². The summed E-state index contributed by atoms with van der Waals surface area (Å²) < 4.78 is 12.0. The Morgan fingerprint density at radius 2 is 1.70 bits per heavy atom. The number of aliphatic hydroxyl groups excluding tert-OH is 3. The molecule has 4 fully saturated rings. The number of hydrogen-bond acceptors (Lipinski definition) is 5. The molecule has 5 aliphatic rings. The molecule has 14 atom stereocenters. The van der Waals surface area contributed by atoms with Gasteiger partial charge in [-0.3, -0.25) is 0 Å². The van der Waals surface area contributed by atoms with Crippen LogP contribution in [0.2, 0.25) is 0 Å². The molecule has 228 valence electrons. The van der Waals surface area contributed by atoms with Gasteiger partial charge in [-0.1, -0.05) is 65.3 Å². The van der Waals surface area contributed by atoms with E-state index in [0.29, 0.717) is 23.2 Å². The molecule has 0 aromatic carbocycles. The highest BCUT2D eigenvalue weighted by Gasteiger charge is 2.59. The van der Waals surface area contributed by atoms with E-state index in [4.69, 9.17) is 9.47 Å². The van der Waals surface area contributed by atoms with E-state index >= 15 is 0 Å². The second kappa shape index (κ2) is 11.8. The van der Waals surface area contributed by atoms with Crippen molar-refractivity contribution in [3.63, 3.8) is 0 Å². The highest BCUT2D eigenvalue weighted by Crippen LogP contribution is 2.67. The maximum atomic E-state index is 10.5. The lowest BCUT2D eigenvalue weighted by molar-refractivity contribution is -0.301. The summed E-state index contributed by atoms with van der Waals surface area (Å²) in [6.45, 7) is 16.4. The summed E-state index contributed by atoms with van der Waals surface area (Å²) in [7, 11) is 0. The first-order valence-electron chi connectivity index (χ1n) is 16.6. The first kappa shape index (κ1) is 30.7. The normalized spacial score (nSPS) is 48.8. The highest BCUT2D eigenvalue weighted by molar-refractivity contribution is 5.26. The van der Waals surface area contributed by atoms with Gasteiger partial charge in [0.2, 0.25) is 0 Å². The van der Waals surface area contributed by atoms with Gasteiger partial charge in [0.1, 0.15) is 18.3 Å². The zero-order valence-corrected chi connectivity index (χ0v) is 26.3. The van der Waals surface area contributed by atoms with Gasteiger partial charge < -0.3 is 24.8 Å². The molecule has 5 rings (SSSR count). The number of aliphatic hydroxyl groups is 3. The van der Waals surface area contributed by atoms with Crippen molar-refractivity contribution in [3.05, 3.63) is 23.8 Å². The van der Waals surface area contributed by atoms with E-state index in [1.54, 1.807) is 6.92 Å². The lowest BCUT2D eigenvalue weighted by atomic mass is 9.46. The molecule has 40 heavy (non-hydrogen) atoms. The van der Waals surface area contributed by atoms with Crippen molar-refractivity contribution in [2.75, 3.05) is 0 Å². The fourth-order valence-corrected chi connectivity index (χ4v) is 10.3. The molecule has 4 aliphatic carbocycles. The first-order valence-corrected chi connectivity index (χ1v) is 16.6. The SMILES string of the molecule is CCC(C=CC(C)C1CCC2C3CCC4=CC(OC5OC(C)C(O)C(O)C5O)CCC4(C)C3CCC12C)C(C)C. The maximum absolute atomic E-state index is 10.5. The minimum atomic E-state index is -1.25. The van der Waals surface area contributed by atoms with E-state index in [1.807, 2.05) is 0 Å². The summed E-state index contributed by atoms with van der Waals surface area (Å²) in [5.41, 5.74) is 2.23. The third kappa shape index (κ3) is 5.29. The summed E-state index contributed by atoms with van der Waals surface area (Å²) in [5, 5.41) is 30.8. The standard InChI is InChI=1S/C35H58O5/c1-8-23(20(2)3)10-9-21(4)27-13-14-28-26-12-11-24-19-25(40-33-32(38)31(37)30(36)22(5)39-33)15-17-34(24,6)29(26)16-18-35(27,28)7/h9-10,19-23,25-33,36-38H,8,11-18H2,1-7H3.